The fourth-order valence-corrected chi connectivity index (χ4v) is 8.19. The molecule has 13 nitrogen and oxygen atoms in total. The fraction of sp³-hybridized carbons (Fsp3) is 0.615. The Kier molecular flexibility index (Phi) is 11.3. The average molecular weight is 617 g/mol. The molecule has 0 radical (unpaired) electrons. The molecule has 0 spiro atoms. The number of rotatable bonds is 10. The van der Waals surface area contributed by atoms with Crippen LogP contribution in [0, 0.1) is 5.92 Å². The number of piperidine rings is 2. The molecule has 41 heavy (non-hydrogen) atoms. The molecule has 3 atom stereocenters. The van der Waals surface area contributed by atoms with Crippen LogP contribution >= 0.6 is 0 Å². The summed E-state index contributed by atoms with van der Waals surface area (Å²) in [6, 6.07) is 6.48. The van der Waals surface area contributed by atoms with E-state index in [0.717, 1.165) is 48.8 Å². The third kappa shape index (κ3) is 8.72. The van der Waals surface area contributed by atoms with Gasteiger partial charge < -0.3 is 14.9 Å². The van der Waals surface area contributed by atoms with Crippen LogP contribution in [-0.4, -0.2) is 112 Å². The van der Waals surface area contributed by atoms with Crippen LogP contribution in [0.25, 0.3) is 0 Å². The van der Waals surface area contributed by atoms with Gasteiger partial charge in [-0.15, -0.1) is 0 Å². The predicted octanol–water partition coefficient (Wildman–Crippen LogP) is 0.906. The molecule has 0 unspecified atom stereocenters. The first-order valence-corrected chi connectivity index (χ1v) is 16.5. The molecule has 0 saturated carbocycles. The van der Waals surface area contributed by atoms with Crippen LogP contribution in [0.5, 0.6) is 5.75 Å². The SMILES string of the molecule is COc1ccc2c(c1)CCN1C[C@H]3CCCN(S(=O)(=O)CCCNS(=O)(=O)N(C)C)[C@H]3C[C@@H]21.O=C(O)C=CC(=O)O. The Morgan fingerprint density at radius 2 is 1.80 bits per heavy atom. The van der Waals surface area contributed by atoms with Gasteiger partial charge in [-0.2, -0.15) is 17.0 Å². The van der Waals surface area contributed by atoms with Crippen molar-refractivity contribution in [3.8, 4) is 5.75 Å². The van der Waals surface area contributed by atoms with Gasteiger partial charge in [-0.3, -0.25) is 4.90 Å². The molecule has 3 N–H and O–H groups in total. The molecule has 4 rings (SSSR count). The predicted molar refractivity (Wildman–Crippen MR) is 152 cm³/mol. The zero-order valence-electron chi connectivity index (χ0n) is 23.6. The summed E-state index contributed by atoms with van der Waals surface area (Å²) < 4.78 is 61.0. The maximum atomic E-state index is 13.3. The lowest BCUT2D eigenvalue weighted by atomic mass is 9.77. The van der Waals surface area contributed by atoms with Crippen molar-refractivity contribution < 1.29 is 41.4 Å². The molecule has 2 saturated heterocycles. The quantitative estimate of drug-likeness (QED) is 0.253. The van der Waals surface area contributed by atoms with E-state index in [0.29, 0.717) is 24.6 Å². The van der Waals surface area contributed by atoms with Gasteiger partial charge in [-0.25, -0.2) is 22.7 Å². The number of benzene rings is 1. The summed E-state index contributed by atoms with van der Waals surface area (Å²) in [5.74, 6) is -1.35. The summed E-state index contributed by atoms with van der Waals surface area (Å²) >= 11 is 0. The summed E-state index contributed by atoms with van der Waals surface area (Å²) in [6.07, 6.45) is 5.09. The Hall–Kier alpha value is -2.56. The fourth-order valence-electron chi connectivity index (χ4n) is 5.71. The monoisotopic (exact) mass is 616 g/mol. The number of hydrogen-bond donors (Lipinski definition) is 3. The van der Waals surface area contributed by atoms with E-state index in [1.807, 2.05) is 6.07 Å². The van der Waals surface area contributed by atoms with Gasteiger partial charge in [0.2, 0.25) is 10.0 Å². The second kappa shape index (κ2) is 14.1. The molecule has 3 heterocycles. The lowest BCUT2D eigenvalue weighted by Crippen LogP contribution is -2.57. The maximum absolute atomic E-state index is 13.3. The first-order chi connectivity index (χ1) is 19.2. The number of methoxy groups -OCH3 is 1. The second-order valence-corrected chi connectivity index (χ2v) is 14.5. The third-order valence-corrected chi connectivity index (χ3v) is 11.2. The Labute approximate surface area is 242 Å². The van der Waals surface area contributed by atoms with Gasteiger partial charge in [0.05, 0.1) is 12.9 Å². The van der Waals surface area contributed by atoms with E-state index in [9.17, 15) is 26.4 Å². The summed E-state index contributed by atoms with van der Waals surface area (Å²) in [4.78, 5) is 21.6. The van der Waals surface area contributed by atoms with E-state index in [4.69, 9.17) is 14.9 Å². The average Bonchev–Trinajstić information content (AvgIpc) is 2.92. The molecule has 0 aromatic heterocycles. The van der Waals surface area contributed by atoms with Crippen molar-refractivity contribution in [2.24, 2.45) is 5.92 Å². The van der Waals surface area contributed by atoms with Gasteiger partial charge >= 0.3 is 11.9 Å². The molecule has 15 heteroatoms. The molecule has 0 aliphatic carbocycles. The number of carboxylic acids is 2. The van der Waals surface area contributed by atoms with Gasteiger partial charge in [0.25, 0.3) is 10.2 Å². The number of hydrogen-bond acceptors (Lipinski definition) is 8. The van der Waals surface area contributed by atoms with E-state index in [2.05, 4.69) is 21.8 Å². The second-order valence-electron chi connectivity index (χ2n) is 10.5. The van der Waals surface area contributed by atoms with Gasteiger partial charge in [0.15, 0.2) is 0 Å². The lowest BCUT2D eigenvalue weighted by Gasteiger charge is -2.51. The van der Waals surface area contributed by atoms with E-state index in [1.165, 1.54) is 25.2 Å². The Morgan fingerprint density at radius 3 is 2.41 bits per heavy atom. The highest BCUT2D eigenvalue weighted by molar-refractivity contribution is 7.89. The van der Waals surface area contributed by atoms with Crippen molar-refractivity contribution in [3.05, 3.63) is 41.5 Å². The minimum absolute atomic E-state index is 0.00322. The topological polar surface area (TPSA) is 174 Å². The highest BCUT2D eigenvalue weighted by Gasteiger charge is 2.45. The number of fused-ring (bicyclic) bond motifs is 4. The molecule has 2 fully saturated rings. The Bertz CT molecular complexity index is 1320. The molecule has 0 bridgehead atoms. The zero-order chi connectivity index (χ0) is 30.4. The van der Waals surface area contributed by atoms with Crippen LogP contribution in [-0.2, 0) is 36.2 Å². The van der Waals surface area contributed by atoms with Crippen molar-refractivity contribution in [3.63, 3.8) is 0 Å². The van der Waals surface area contributed by atoms with E-state index in [1.54, 1.807) is 11.4 Å². The third-order valence-electron chi connectivity index (χ3n) is 7.69. The molecule has 230 valence electrons. The molecule has 1 aromatic rings. The number of nitrogens with one attached hydrogen (secondary N) is 1. The number of nitrogens with zero attached hydrogens (tertiary/aromatic N) is 3. The van der Waals surface area contributed by atoms with Gasteiger partial charge in [0.1, 0.15) is 5.75 Å². The van der Waals surface area contributed by atoms with E-state index < -0.39 is 32.2 Å². The molecule has 3 aliphatic rings. The normalized spacial score (nSPS) is 23.2. The summed E-state index contributed by atoms with van der Waals surface area (Å²) in [5, 5.41) is 15.6. The highest BCUT2D eigenvalue weighted by Crippen LogP contribution is 2.44. The zero-order valence-corrected chi connectivity index (χ0v) is 25.2. The van der Waals surface area contributed by atoms with Crippen LogP contribution in [0.15, 0.2) is 30.4 Å². The van der Waals surface area contributed by atoms with E-state index in [-0.39, 0.29) is 30.8 Å². The summed E-state index contributed by atoms with van der Waals surface area (Å²) in [6.45, 7) is 2.57. The van der Waals surface area contributed by atoms with Crippen LogP contribution in [0.3, 0.4) is 0 Å². The Morgan fingerprint density at radius 1 is 1.12 bits per heavy atom. The van der Waals surface area contributed by atoms with Gasteiger partial charge in [-0.05, 0) is 61.3 Å². The lowest BCUT2D eigenvalue weighted by molar-refractivity contribution is -0.134. The van der Waals surface area contributed by atoms with E-state index >= 15 is 0 Å². The van der Waals surface area contributed by atoms with Crippen LogP contribution in [0.1, 0.15) is 42.9 Å². The number of carboxylic acid groups (broad SMARTS) is 2. The molecule has 0 amide bonds. The molecule has 1 aromatic carbocycles. The van der Waals surface area contributed by atoms with Crippen molar-refractivity contribution in [1.29, 1.82) is 0 Å². The number of carbonyl (C=O) groups is 2. The van der Waals surface area contributed by atoms with Crippen molar-refractivity contribution in [1.82, 2.24) is 18.2 Å². The molecular formula is C26H40N4O9S2. The molecular weight excluding hydrogens is 576 g/mol. The van der Waals surface area contributed by atoms with Crippen molar-refractivity contribution in [2.45, 2.75) is 44.2 Å². The van der Waals surface area contributed by atoms with Crippen LogP contribution in [0.2, 0.25) is 0 Å². The largest absolute Gasteiger partial charge is 0.497 e. The first kappa shape index (κ1) is 32.9. The van der Waals surface area contributed by atoms with Crippen molar-refractivity contribution >= 4 is 32.2 Å². The number of ether oxygens (including phenoxy) is 1. The summed E-state index contributed by atoms with van der Waals surface area (Å²) in [7, 11) is -2.45. The maximum Gasteiger partial charge on any atom is 0.328 e. The minimum atomic E-state index is -3.55. The molecule has 3 aliphatic heterocycles. The van der Waals surface area contributed by atoms with Gasteiger partial charge in [0, 0.05) is 64.5 Å². The van der Waals surface area contributed by atoms with Crippen molar-refractivity contribution in [2.75, 3.05) is 53.1 Å². The number of aliphatic carboxylic acids is 2. The minimum Gasteiger partial charge on any atom is -0.497 e. The number of sulfonamides is 1. The highest BCUT2D eigenvalue weighted by atomic mass is 32.2. The first-order valence-electron chi connectivity index (χ1n) is 13.5. The van der Waals surface area contributed by atoms with Crippen LogP contribution < -0.4 is 9.46 Å². The van der Waals surface area contributed by atoms with Crippen LogP contribution in [0.4, 0.5) is 0 Å². The Balaban J connectivity index is 0.000000507. The standard InChI is InChI=1S/C22H36N4O5S2.C4H4O4/c1-24(2)33(29,30)23-10-5-13-32(27,28)26-11-4-6-18-16-25-12-9-17-14-19(31-3)7-8-20(17)22(25)15-21(18)26;5-3(6)1-2-4(7)8/h7-8,14,18,21-23H,4-6,9-13,15-16H2,1-3H3;1-2H,(H,5,6)(H,7,8)/t18-,21+,22+;/m1./s1. The summed E-state index contributed by atoms with van der Waals surface area (Å²) in [5.41, 5.74) is 2.59. The van der Waals surface area contributed by atoms with Gasteiger partial charge in [-0.1, -0.05) is 6.07 Å². The smallest absolute Gasteiger partial charge is 0.328 e.